The fraction of sp³-hybridized carbons (Fsp3) is 0.467. The van der Waals surface area contributed by atoms with Crippen LogP contribution in [0.1, 0.15) is 26.7 Å². The Bertz CT molecular complexity index is 537. The third kappa shape index (κ3) is 3.93. The first-order valence-corrected chi connectivity index (χ1v) is 6.78. The molecule has 1 aliphatic carbocycles. The molecule has 0 bridgehead atoms. The van der Waals surface area contributed by atoms with Gasteiger partial charge in [0.05, 0.1) is 0 Å². The van der Waals surface area contributed by atoms with Crippen LogP contribution in [0, 0.1) is 11.7 Å². The Morgan fingerprint density at radius 3 is 2.38 bits per heavy atom. The highest BCUT2D eigenvalue weighted by molar-refractivity contribution is 5.89. The van der Waals surface area contributed by atoms with Crippen molar-refractivity contribution >= 4 is 11.9 Å². The summed E-state index contributed by atoms with van der Waals surface area (Å²) in [7, 11) is 0. The topological polar surface area (TPSA) is 75.6 Å². The first-order valence-electron chi connectivity index (χ1n) is 6.78. The van der Waals surface area contributed by atoms with Crippen molar-refractivity contribution in [2.75, 3.05) is 0 Å². The van der Waals surface area contributed by atoms with E-state index >= 15 is 0 Å². The lowest BCUT2D eigenvalue weighted by Gasteiger charge is -2.27. The van der Waals surface area contributed by atoms with E-state index in [4.69, 9.17) is 9.84 Å². The Morgan fingerprint density at radius 2 is 1.90 bits per heavy atom. The van der Waals surface area contributed by atoms with Gasteiger partial charge in [-0.05, 0) is 56.9 Å². The zero-order valence-electron chi connectivity index (χ0n) is 11.9. The van der Waals surface area contributed by atoms with Gasteiger partial charge in [-0.2, -0.15) is 0 Å². The molecule has 114 valence electrons. The zero-order chi connectivity index (χ0) is 15.6. The van der Waals surface area contributed by atoms with Gasteiger partial charge in [-0.3, -0.25) is 4.79 Å². The summed E-state index contributed by atoms with van der Waals surface area (Å²) < 4.78 is 18.4. The molecule has 21 heavy (non-hydrogen) atoms. The number of nitrogens with one attached hydrogen (secondary N) is 1. The lowest BCUT2D eigenvalue weighted by Crippen LogP contribution is -2.53. The van der Waals surface area contributed by atoms with Crippen LogP contribution in [0.3, 0.4) is 0 Å². The van der Waals surface area contributed by atoms with Gasteiger partial charge in [0.25, 0.3) is 5.91 Å². The molecule has 0 saturated heterocycles. The van der Waals surface area contributed by atoms with Gasteiger partial charge >= 0.3 is 5.97 Å². The minimum absolute atomic E-state index is 0.00642. The number of aliphatic carboxylic acids is 1. The summed E-state index contributed by atoms with van der Waals surface area (Å²) in [5.41, 5.74) is -1.25. The molecular formula is C15H18FNO4. The molecule has 1 aliphatic rings. The number of carbonyl (C=O) groups excluding carboxylic acids is 1. The molecule has 1 unspecified atom stereocenters. The molecule has 2 rings (SSSR count). The van der Waals surface area contributed by atoms with Crippen LogP contribution < -0.4 is 10.1 Å². The van der Waals surface area contributed by atoms with Gasteiger partial charge in [0.1, 0.15) is 17.6 Å². The van der Waals surface area contributed by atoms with E-state index in [1.54, 1.807) is 0 Å². The van der Waals surface area contributed by atoms with Crippen molar-refractivity contribution in [2.24, 2.45) is 5.92 Å². The normalized spacial score (nSPS) is 16.1. The molecule has 1 fully saturated rings. The van der Waals surface area contributed by atoms with Crippen LogP contribution in [0.5, 0.6) is 5.75 Å². The minimum atomic E-state index is -1.25. The third-order valence-corrected chi connectivity index (χ3v) is 3.38. The van der Waals surface area contributed by atoms with Crippen LogP contribution in [-0.2, 0) is 9.59 Å². The number of carboxylic acid groups (broad SMARTS) is 1. The zero-order valence-corrected chi connectivity index (χ0v) is 11.9. The van der Waals surface area contributed by atoms with Crippen molar-refractivity contribution in [2.45, 2.75) is 38.3 Å². The van der Waals surface area contributed by atoms with Crippen LogP contribution in [0.2, 0.25) is 0 Å². The molecule has 1 saturated carbocycles. The van der Waals surface area contributed by atoms with Crippen LogP contribution in [0.15, 0.2) is 24.3 Å². The molecule has 1 aromatic carbocycles. The number of carboxylic acids is 1. The SMILES string of the molecule is CC(C)(Oc1ccc(F)cc1)C(=O)NC(C(=O)O)C1CC1. The van der Waals surface area contributed by atoms with E-state index in [-0.39, 0.29) is 5.92 Å². The number of rotatable bonds is 6. The van der Waals surface area contributed by atoms with Gasteiger partial charge in [0.15, 0.2) is 5.60 Å². The third-order valence-electron chi connectivity index (χ3n) is 3.38. The molecule has 0 aromatic heterocycles. The summed E-state index contributed by atoms with van der Waals surface area (Å²) in [4.78, 5) is 23.4. The van der Waals surface area contributed by atoms with Gasteiger partial charge in [-0.25, -0.2) is 9.18 Å². The Morgan fingerprint density at radius 1 is 1.33 bits per heavy atom. The smallest absolute Gasteiger partial charge is 0.326 e. The van der Waals surface area contributed by atoms with Crippen molar-refractivity contribution in [1.29, 1.82) is 0 Å². The molecule has 1 amide bonds. The summed E-state index contributed by atoms with van der Waals surface area (Å²) in [6.45, 7) is 3.08. The van der Waals surface area contributed by atoms with E-state index in [1.807, 2.05) is 0 Å². The maximum atomic E-state index is 12.8. The highest BCUT2D eigenvalue weighted by atomic mass is 19.1. The average Bonchev–Trinajstić information content (AvgIpc) is 3.22. The summed E-state index contributed by atoms with van der Waals surface area (Å²) in [5.74, 6) is -1.61. The second-order valence-corrected chi connectivity index (χ2v) is 5.69. The second kappa shape index (κ2) is 5.71. The van der Waals surface area contributed by atoms with Gasteiger partial charge in [0.2, 0.25) is 0 Å². The Kier molecular flexibility index (Phi) is 4.16. The number of carbonyl (C=O) groups is 2. The van der Waals surface area contributed by atoms with Gasteiger partial charge in [-0.1, -0.05) is 0 Å². The monoisotopic (exact) mass is 295 g/mol. The molecule has 0 radical (unpaired) electrons. The highest BCUT2D eigenvalue weighted by Gasteiger charge is 2.40. The average molecular weight is 295 g/mol. The van der Waals surface area contributed by atoms with Crippen molar-refractivity contribution in [3.63, 3.8) is 0 Å². The van der Waals surface area contributed by atoms with Crippen LogP contribution in [0.4, 0.5) is 4.39 Å². The van der Waals surface area contributed by atoms with Crippen LogP contribution in [-0.4, -0.2) is 28.6 Å². The number of halogens is 1. The van der Waals surface area contributed by atoms with E-state index in [1.165, 1.54) is 38.1 Å². The second-order valence-electron chi connectivity index (χ2n) is 5.69. The van der Waals surface area contributed by atoms with E-state index in [0.29, 0.717) is 5.75 Å². The van der Waals surface area contributed by atoms with E-state index < -0.39 is 29.3 Å². The van der Waals surface area contributed by atoms with Crippen molar-refractivity contribution in [3.8, 4) is 5.75 Å². The summed E-state index contributed by atoms with van der Waals surface area (Å²) in [6.07, 6.45) is 1.60. The Balaban J connectivity index is 2.01. The Labute approximate surface area is 122 Å². The number of hydrogen-bond donors (Lipinski definition) is 2. The van der Waals surface area contributed by atoms with E-state index in [0.717, 1.165) is 12.8 Å². The quantitative estimate of drug-likeness (QED) is 0.841. The fourth-order valence-electron chi connectivity index (χ4n) is 1.97. The van der Waals surface area contributed by atoms with Gasteiger partial charge in [0, 0.05) is 0 Å². The molecule has 5 nitrogen and oxygen atoms in total. The molecule has 1 aromatic rings. The summed E-state index contributed by atoms with van der Waals surface area (Å²) in [6, 6.07) is 4.41. The standard InChI is InChI=1S/C15H18FNO4/c1-15(2,21-11-7-5-10(16)6-8-11)14(20)17-12(13(18)19)9-3-4-9/h5-9,12H,3-4H2,1-2H3,(H,17,20)(H,18,19). The first kappa shape index (κ1) is 15.3. The van der Waals surface area contributed by atoms with Crippen molar-refractivity contribution in [3.05, 3.63) is 30.1 Å². The van der Waals surface area contributed by atoms with Crippen LogP contribution >= 0.6 is 0 Å². The molecular weight excluding hydrogens is 277 g/mol. The van der Waals surface area contributed by atoms with Gasteiger partial charge in [-0.15, -0.1) is 0 Å². The number of hydrogen-bond acceptors (Lipinski definition) is 3. The first-order chi connectivity index (χ1) is 9.79. The summed E-state index contributed by atoms with van der Waals surface area (Å²) >= 11 is 0. The minimum Gasteiger partial charge on any atom is -0.480 e. The molecule has 6 heteroatoms. The van der Waals surface area contributed by atoms with Gasteiger partial charge < -0.3 is 15.2 Å². The highest BCUT2D eigenvalue weighted by Crippen LogP contribution is 2.33. The Hall–Kier alpha value is -2.11. The molecule has 2 N–H and O–H groups in total. The maximum absolute atomic E-state index is 12.8. The molecule has 0 heterocycles. The predicted molar refractivity (Wildman–Crippen MR) is 73.4 cm³/mol. The largest absolute Gasteiger partial charge is 0.480 e. The fourth-order valence-corrected chi connectivity index (χ4v) is 1.97. The lowest BCUT2D eigenvalue weighted by molar-refractivity contribution is -0.145. The van der Waals surface area contributed by atoms with Crippen LogP contribution in [0.25, 0.3) is 0 Å². The summed E-state index contributed by atoms with van der Waals surface area (Å²) in [5, 5.41) is 11.6. The van der Waals surface area contributed by atoms with Crippen molar-refractivity contribution < 1.29 is 23.8 Å². The van der Waals surface area contributed by atoms with E-state index in [2.05, 4.69) is 5.32 Å². The lowest BCUT2D eigenvalue weighted by atomic mass is 10.1. The number of amides is 1. The van der Waals surface area contributed by atoms with Crippen molar-refractivity contribution in [1.82, 2.24) is 5.32 Å². The molecule has 1 atom stereocenters. The number of ether oxygens (including phenoxy) is 1. The molecule has 0 spiro atoms. The van der Waals surface area contributed by atoms with E-state index in [9.17, 15) is 14.0 Å². The molecule has 0 aliphatic heterocycles. The maximum Gasteiger partial charge on any atom is 0.326 e. The predicted octanol–water partition coefficient (Wildman–Crippen LogP) is 1.96. The number of benzene rings is 1.